The summed E-state index contributed by atoms with van der Waals surface area (Å²) in [5.41, 5.74) is 0. The van der Waals surface area contributed by atoms with Crippen molar-refractivity contribution in [1.29, 1.82) is 0 Å². The summed E-state index contributed by atoms with van der Waals surface area (Å²) in [5.74, 6) is -0.980. The standard InChI is InChI=1S/C57H96O6/c1-4-7-10-13-16-19-22-25-27-28-30-32-35-38-41-44-47-50-56(59)62-53-54(52-61-55(58)49-46-43-40-37-34-31-24-21-18-15-12-9-6-3)63-57(60)51-48-45-42-39-36-33-29-26-23-20-17-14-11-8-5-2/h7,10,16,19,21,24-27,29-30,32,38,41,54H,4-6,8-9,11-15,17-18,20,22-23,28,31,33-37,39-40,42-53H2,1-3H3/b10-7-,19-16-,24-21-,27-25-,29-26-,32-30-,41-38-. The van der Waals surface area contributed by atoms with Gasteiger partial charge in [-0.1, -0.05) is 196 Å². The predicted octanol–water partition coefficient (Wildman–Crippen LogP) is 17.2. The smallest absolute Gasteiger partial charge is 0.306 e. The maximum Gasteiger partial charge on any atom is 0.306 e. The summed E-state index contributed by atoms with van der Waals surface area (Å²) in [6.07, 6.45) is 65.7. The lowest BCUT2D eigenvalue weighted by molar-refractivity contribution is -0.167. The Morgan fingerprint density at radius 3 is 1.06 bits per heavy atom. The topological polar surface area (TPSA) is 78.9 Å². The fraction of sp³-hybridized carbons (Fsp3) is 0.702. The normalized spacial score (nSPS) is 12.7. The van der Waals surface area contributed by atoms with Crippen LogP contribution in [-0.2, 0) is 28.6 Å². The van der Waals surface area contributed by atoms with E-state index < -0.39 is 6.10 Å². The molecule has 0 rings (SSSR count). The third-order valence-electron chi connectivity index (χ3n) is 10.9. The molecule has 1 unspecified atom stereocenters. The molecule has 0 saturated heterocycles. The Morgan fingerprint density at radius 2 is 0.635 bits per heavy atom. The zero-order chi connectivity index (χ0) is 45.8. The molecule has 360 valence electrons. The lowest BCUT2D eigenvalue weighted by Gasteiger charge is -2.18. The second-order valence-electron chi connectivity index (χ2n) is 17.0. The summed E-state index contributed by atoms with van der Waals surface area (Å²) < 4.78 is 16.7. The molecule has 0 aromatic heterocycles. The third kappa shape index (κ3) is 49.5. The van der Waals surface area contributed by atoms with Crippen LogP contribution in [0.4, 0.5) is 0 Å². The van der Waals surface area contributed by atoms with E-state index in [1.54, 1.807) is 0 Å². The Bertz CT molecular complexity index is 1240. The van der Waals surface area contributed by atoms with E-state index in [9.17, 15) is 14.4 Å². The van der Waals surface area contributed by atoms with Crippen LogP contribution in [0.25, 0.3) is 0 Å². The second kappa shape index (κ2) is 51.2. The van der Waals surface area contributed by atoms with Crippen LogP contribution >= 0.6 is 0 Å². The van der Waals surface area contributed by atoms with Crippen LogP contribution < -0.4 is 0 Å². The largest absolute Gasteiger partial charge is 0.462 e. The van der Waals surface area contributed by atoms with Crippen molar-refractivity contribution in [3.8, 4) is 0 Å². The number of ether oxygens (including phenoxy) is 3. The first-order valence-electron chi connectivity index (χ1n) is 26.1. The average molecular weight is 877 g/mol. The van der Waals surface area contributed by atoms with E-state index in [2.05, 4.69) is 106 Å². The van der Waals surface area contributed by atoms with Crippen molar-refractivity contribution in [1.82, 2.24) is 0 Å². The van der Waals surface area contributed by atoms with E-state index in [4.69, 9.17) is 14.2 Å². The van der Waals surface area contributed by atoms with E-state index in [0.717, 1.165) is 103 Å². The maximum absolute atomic E-state index is 12.8. The molecule has 0 fully saturated rings. The van der Waals surface area contributed by atoms with Gasteiger partial charge in [0.1, 0.15) is 13.2 Å². The number of hydrogen-bond acceptors (Lipinski definition) is 6. The molecule has 0 aromatic carbocycles. The minimum absolute atomic E-state index is 0.102. The molecule has 0 bridgehead atoms. The van der Waals surface area contributed by atoms with E-state index in [0.29, 0.717) is 19.3 Å². The molecule has 0 aliphatic carbocycles. The molecule has 1 atom stereocenters. The van der Waals surface area contributed by atoms with Gasteiger partial charge in [-0.25, -0.2) is 0 Å². The molecule has 6 heteroatoms. The van der Waals surface area contributed by atoms with Crippen molar-refractivity contribution >= 4 is 17.9 Å². The van der Waals surface area contributed by atoms with Gasteiger partial charge in [0.05, 0.1) is 0 Å². The SMILES string of the molecule is CC/C=C\C/C=C\C/C=C\C/C=C\C/C=C\CCCC(=O)OCC(COC(=O)CCCCCCC/C=C\CCCCCC)OC(=O)CCCCCCC/C=C\CCCCCCCC. The Kier molecular flexibility index (Phi) is 48.5. The number of carbonyl (C=O) groups excluding carboxylic acids is 3. The molecule has 0 spiro atoms. The first kappa shape index (κ1) is 59.6. The van der Waals surface area contributed by atoms with Crippen LogP contribution in [0.2, 0.25) is 0 Å². The third-order valence-corrected chi connectivity index (χ3v) is 10.9. The summed E-state index contributed by atoms with van der Waals surface area (Å²) in [4.78, 5) is 38.0. The van der Waals surface area contributed by atoms with Crippen molar-refractivity contribution in [2.24, 2.45) is 0 Å². The zero-order valence-corrected chi connectivity index (χ0v) is 41.1. The number of esters is 3. The van der Waals surface area contributed by atoms with E-state index in [-0.39, 0.29) is 37.5 Å². The molecule has 0 saturated carbocycles. The summed E-state index contributed by atoms with van der Waals surface area (Å²) >= 11 is 0. The van der Waals surface area contributed by atoms with Crippen LogP contribution in [-0.4, -0.2) is 37.2 Å². The van der Waals surface area contributed by atoms with Gasteiger partial charge in [0.2, 0.25) is 0 Å². The molecule has 0 aliphatic rings. The van der Waals surface area contributed by atoms with Crippen molar-refractivity contribution in [3.05, 3.63) is 85.1 Å². The Balaban J connectivity index is 4.50. The van der Waals surface area contributed by atoms with Gasteiger partial charge in [-0.05, 0) is 109 Å². The molecule has 0 N–H and O–H groups in total. The molecule has 63 heavy (non-hydrogen) atoms. The fourth-order valence-electron chi connectivity index (χ4n) is 6.94. The fourth-order valence-corrected chi connectivity index (χ4v) is 6.94. The Labute approximate surface area is 388 Å². The Hall–Kier alpha value is -3.41. The summed E-state index contributed by atoms with van der Waals surface area (Å²) in [6.45, 7) is 6.44. The zero-order valence-electron chi connectivity index (χ0n) is 41.1. The molecule has 0 heterocycles. The summed E-state index contributed by atoms with van der Waals surface area (Å²) in [5, 5.41) is 0. The molecule has 0 amide bonds. The minimum atomic E-state index is -0.806. The van der Waals surface area contributed by atoms with Crippen molar-refractivity contribution in [2.45, 2.75) is 245 Å². The lowest BCUT2D eigenvalue weighted by atomic mass is 10.1. The van der Waals surface area contributed by atoms with E-state index in [1.165, 1.54) is 89.9 Å². The Morgan fingerprint density at radius 1 is 0.333 bits per heavy atom. The van der Waals surface area contributed by atoms with Gasteiger partial charge in [-0.2, -0.15) is 0 Å². The highest BCUT2D eigenvalue weighted by molar-refractivity contribution is 5.71. The number of allylic oxidation sites excluding steroid dienone is 14. The molecule has 6 nitrogen and oxygen atoms in total. The van der Waals surface area contributed by atoms with Gasteiger partial charge in [-0.15, -0.1) is 0 Å². The molecule has 0 aromatic rings. The highest BCUT2D eigenvalue weighted by atomic mass is 16.6. The van der Waals surface area contributed by atoms with Gasteiger partial charge >= 0.3 is 17.9 Å². The number of rotatable bonds is 46. The van der Waals surface area contributed by atoms with Gasteiger partial charge < -0.3 is 14.2 Å². The van der Waals surface area contributed by atoms with E-state index in [1.807, 2.05) is 0 Å². The molecular weight excluding hydrogens is 781 g/mol. The van der Waals surface area contributed by atoms with Crippen LogP contribution in [0.3, 0.4) is 0 Å². The van der Waals surface area contributed by atoms with Gasteiger partial charge in [0.25, 0.3) is 0 Å². The summed E-state index contributed by atoms with van der Waals surface area (Å²) in [7, 11) is 0. The molecular formula is C57H96O6. The van der Waals surface area contributed by atoms with Crippen molar-refractivity contribution < 1.29 is 28.6 Å². The number of carbonyl (C=O) groups is 3. The predicted molar refractivity (Wildman–Crippen MR) is 270 cm³/mol. The number of unbranched alkanes of at least 4 members (excludes halogenated alkanes) is 21. The molecule has 0 radical (unpaired) electrons. The second-order valence-corrected chi connectivity index (χ2v) is 17.0. The van der Waals surface area contributed by atoms with Crippen LogP contribution in [0, 0.1) is 0 Å². The molecule has 0 aliphatic heterocycles. The van der Waals surface area contributed by atoms with E-state index >= 15 is 0 Å². The monoisotopic (exact) mass is 877 g/mol. The van der Waals surface area contributed by atoms with Crippen molar-refractivity contribution in [3.63, 3.8) is 0 Å². The minimum Gasteiger partial charge on any atom is -0.462 e. The first-order valence-corrected chi connectivity index (χ1v) is 26.1. The van der Waals surface area contributed by atoms with Crippen molar-refractivity contribution in [2.75, 3.05) is 13.2 Å². The van der Waals surface area contributed by atoms with Gasteiger partial charge in [0, 0.05) is 19.3 Å². The maximum atomic E-state index is 12.8. The van der Waals surface area contributed by atoms with Crippen LogP contribution in [0.5, 0.6) is 0 Å². The highest BCUT2D eigenvalue weighted by Gasteiger charge is 2.19. The first-order chi connectivity index (χ1) is 31.0. The highest BCUT2D eigenvalue weighted by Crippen LogP contribution is 2.13. The quantitative estimate of drug-likeness (QED) is 0.0262. The van der Waals surface area contributed by atoms with Crippen LogP contribution in [0.15, 0.2) is 85.1 Å². The van der Waals surface area contributed by atoms with Crippen LogP contribution in [0.1, 0.15) is 239 Å². The number of hydrogen-bond donors (Lipinski definition) is 0. The lowest BCUT2D eigenvalue weighted by Crippen LogP contribution is -2.30. The van der Waals surface area contributed by atoms with Gasteiger partial charge in [0.15, 0.2) is 6.10 Å². The van der Waals surface area contributed by atoms with Gasteiger partial charge in [-0.3, -0.25) is 14.4 Å². The average Bonchev–Trinajstić information content (AvgIpc) is 3.28. The summed E-state index contributed by atoms with van der Waals surface area (Å²) in [6, 6.07) is 0.